The number of carbonyl (C=O) groups excluding carboxylic acids is 1. The van der Waals surface area contributed by atoms with Crippen LogP contribution in [0.2, 0.25) is 0 Å². The predicted octanol–water partition coefficient (Wildman–Crippen LogP) is 1.77. The van der Waals surface area contributed by atoms with Crippen LogP contribution in [-0.4, -0.2) is 44.4 Å². The number of thiophene rings is 1. The topological polar surface area (TPSA) is 86.7 Å². The van der Waals surface area contributed by atoms with E-state index in [4.69, 9.17) is 0 Å². The number of amides is 1. The highest BCUT2D eigenvalue weighted by molar-refractivity contribution is 7.89. The summed E-state index contributed by atoms with van der Waals surface area (Å²) in [5.74, 6) is -0.364. The minimum Gasteiger partial charge on any atom is -0.386 e. The molecule has 0 saturated heterocycles. The van der Waals surface area contributed by atoms with Crippen LogP contribution in [0.4, 0.5) is 0 Å². The number of nitrogens with one attached hydrogen (secondary N) is 1. The Labute approximate surface area is 145 Å². The van der Waals surface area contributed by atoms with E-state index in [0.29, 0.717) is 5.56 Å². The molecule has 8 heteroatoms. The molecular formula is C16H20N2O4S2. The smallest absolute Gasteiger partial charge is 0.251 e. The van der Waals surface area contributed by atoms with Crippen LogP contribution in [0.15, 0.2) is 40.6 Å². The lowest BCUT2D eigenvalue weighted by molar-refractivity contribution is 0.0917. The molecule has 0 spiro atoms. The highest BCUT2D eigenvalue weighted by atomic mass is 32.2. The van der Waals surface area contributed by atoms with E-state index in [1.54, 1.807) is 0 Å². The minimum absolute atomic E-state index is 0.0952. The van der Waals surface area contributed by atoms with Gasteiger partial charge in [0, 0.05) is 31.1 Å². The maximum absolute atomic E-state index is 12.1. The molecule has 2 aromatic rings. The Hall–Kier alpha value is -1.74. The number of carbonyl (C=O) groups is 1. The van der Waals surface area contributed by atoms with Gasteiger partial charge in [-0.15, -0.1) is 11.3 Å². The number of aliphatic hydroxyl groups is 1. The molecule has 1 atom stereocenters. The number of nitrogens with zero attached hydrogens (tertiary/aromatic N) is 1. The van der Waals surface area contributed by atoms with Crippen LogP contribution in [0.25, 0.3) is 0 Å². The van der Waals surface area contributed by atoms with Gasteiger partial charge >= 0.3 is 0 Å². The number of hydrogen-bond donors (Lipinski definition) is 2. The molecule has 0 aliphatic heterocycles. The average Bonchev–Trinajstić information content (AvgIpc) is 2.98. The summed E-state index contributed by atoms with van der Waals surface area (Å²) in [6.45, 7) is 2.00. The van der Waals surface area contributed by atoms with E-state index in [1.165, 1.54) is 49.7 Å². The second kappa shape index (κ2) is 7.43. The van der Waals surface area contributed by atoms with Crippen molar-refractivity contribution in [2.75, 3.05) is 20.6 Å². The molecule has 1 unspecified atom stereocenters. The van der Waals surface area contributed by atoms with Crippen molar-refractivity contribution < 1.29 is 18.3 Å². The molecule has 130 valence electrons. The molecule has 1 aromatic heterocycles. The lowest BCUT2D eigenvalue weighted by Crippen LogP contribution is -2.28. The summed E-state index contributed by atoms with van der Waals surface area (Å²) < 4.78 is 25.1. The van der Waals surface area contributed by atoms with E-state index in [9.17, 15) is 18.3 Å². The molecule has 0 aliphatic rings. The van der Waals surface area contributed by atoms with Crippen molar-refractivity contribution in [3.63, 3.8) is 0 Å². The van der Waals surface area contributed by atoms with Gasteiger partial charge in [0.15, 0.2) is 0 Å². The largest absolute Gasteiger partial charge is 0.386 e. The average molecular weight is 368 g/mol. The summed E-state index contributed by atoms with van der Waals surface area (Å²) in [6, 6.07) is 7.60. The Kier molecular flexibility index (Phi) is 5.76. The van der Waals surface area contributed by atoms with E-state index in [2.05, 4.69) is 5.32 Å². The van der Waals surface area contributed by atoms with Crippen molar-refractivity contribution in [2.45, 2.75) is 17.9 Å². The van der Waals surface area contributed by atoms with Crippen LogP contribution in [0, 0.1) is 6.92 Å². The van der Waals surface area contributed by atoms with Gasteiger partial charge in [-0.05, 0) is 48.2 Å². The predicted molar refractivity (Wildman–Crippen MR) is 93.7 cm³/mol. The van der Waals surface area contributed by atoms with Gasteiger partial charge in [0.1, 0.15) is 6.10 Å². The third-order valence-corrected chi connectivity index (χ3v) is 6.50. The summed E-state index contributed by atoms with van der Waals surface area (Å²) in [4.78, 5) is 13.1. The molecule has 0 radical (unpaired) electrons. The molecule has 6 nitrogen and oxygen atoms in total. The van der Waals surface area contributed by atoms with E-state index in [0.717, 1.165) is 14.7 Å². The zero-order valence-corrected chi connectivity index (χ0v) is 15.3. The molecule has 0 aliphatic carbocycles. The third-order valence-electron chi connectivity index (χ3n) is 3.56. The molecule has 2 N–H and O–H groups in total. The lowest BCUT2D eigenvalue weighted by atomic mass is 10.2. The first kappa shape index (κ1) is 18.6. The monoisotopic (exact) mass is 368 g/mol. The van der Waals surface area contributed by atoms with Gasteiger partial charge in [-0.3, -0.25) is 4.79 Å². The van der Waals surface area contributed by atoms with Crippen LogP contribution >= 0.6 is 11.3 Å². The van der Waals surface area contributed by atoms with Gasteiger partial charge in [-0.25, -0.2) is 12.7 Å². The number of aliphatic hydroxyl groups excluding tert-OH is 1. The molecule has 24 heavy (non-hydrogen) atoms. The van der Waals surface area contributed by atoms with Crippen LogP contribution in [0.3, 0.4) is 0 Å². The molecule has 0 saturated carbocycles. The summed E-state index contributed by atoms with van der Waals surface area (Å²) >= 11 is 1.44. The molecule has 1 aromatic carbocycles. The molecule has 0 fully saturated rings. The lowest BCUT2D eigenvalue weighted by Gasteiger charge is -2.13. The molecule has 1 heterocycles. The number of hydrogen-bond acceptors (Lipinski definition) is 5. The summed E-state index contributed by atoms with van der Waals surface area (Å²) in [7, 11) is -0.620. The summed E-state index contributed by atoms with van der Waals surface area (Å²) in [6.07, 6.45) is -0.762. The van der Waals surface area contributed by atoms with Gasteiger partial charge < -0.3 is 10.4 Å². The van der Waals surface area contributed by atoms with Crippen molar-refractivity contribution in [2.24, 2.45) is 0 Å². The summed E-state index contributed by atoms with van der Waals surface area (Å²) in [5.41, 5.74) is 1.32. The molecule has 1 amide bonds. The van der Waals surface area contributed by atoms with Crippen molar-refractivity contribution in [1.29, 1.82) is 0 Å². The Bertz CT molecular complexity index is 811. The van der Waals surface area contributed by atoms with Crippen molar-refractivity contribution in [3.8, 4) is 0 Å². The molecule has 2 rings (SSSR count). The maximum atomic E-state index is 12.1. The number of rotatable bonds is 6. The molecule has 0 bridgehead atoms. The van der Waals surface area contributed by atoms with Gasteiger partial charge in [0.25, 0.3) is 5.91 Å². The van der Waals surface area contributed by atoms with E-state index in [1.807, 2.05) is 18.4 Å². The van der Waals surface area contributed by atoms with Gasteiger partial charge in [0.05, 0.1) is 4.90 Å². The van der Waals surface area contributed by atoms with E-state index < -0.39 is 16.1 Å². The fourth-order valence-electron chi connectivity index (χ4n) is 2.10. The fraction of sp³-hybridized carbons (Fsp3) is 0.312. The van der Waals surface area contributed by atoms with Gasteiger partial charge in [-0.1, -0.05) is 0 Å². The van der Waals surface area contributed by atoms with Gasteiger partial charge in [0.2, 0.25) is 10.0 Å². The first-order valence-electron chi connectivity index (χ1n) is 7.26. The maximum Gasteiger partial charge on any atom is 0.251 e. The van der Waals surface area contributed by atoms with Crippen LogP contribution in [-0.2, 0) is 10.0 Å². The third kappa shape index (κ3) is 4.02. The molecular weight excluding hydrogens is 348 g/mol. The van der Waals surface area contributed by atoms with E-state index >= 15 is 0 Å². The Morgan fingerprint density at radius 3 is 2.38 bits per heavy atom. The van der Waals surface area contributed by atoms with Gasteiger partial charge in [-0.2, -0.15) is 0 Å². The first-order valence-corrected chi connectivity index (χ1v) is 9.58. The Morgan fingerprint density at radius 1 is 1.25 bits per heavy atom. The highest BCUT2D eigenvalue weighted by Crippen LogP contribution is 2.23. The zero-order chi connectivity index (χ0) is 17.9. The Balaban J connectivity index is 2.02. The highest BCUT2D eigenvalue weighted by Gasteiger charge is 2.18. The minimum atomic E-state index is -3.52. The number of sulfonamides is 1. The standard InChI is InChI=1S/C16H20N2O4S2/c1-11-8-9-23-15(11)14(19)10-17-16(20)12-4-6-13(7-5-12)24(21,22)18(2)3/h4-9,14,19H,10H2,1-3H3,(H,17,20). The quantitative estimate of drug-likeness (QED) is 0.814. The number of aryl methyl sites for hydroxylation is 1. The van der Waals surface area contributed by atoms with Crippen molar-refractivity contribution in [1.82, 2.24) is 9.62 Å². The Morgan fingerprint density at radius 2 is 1.88 bits per heavy atom. The zero-order valence-electron chi connectivity index (χ0n) is 13.7. The van der Waals surface area contributed by atoms with Crippen LogP contribution in [0.1, 0.15) is 26.9 Å². The second-order valence-electron chi connectivity index (χ2n) is 5.51. The van der Waals surface area contributed by atoms with E-state index in [-0.39, 0.29) is 17.3 Å². The first-order chi connectivity index (χ1) is 11.2. The second-order valence-corrected chi connectivity index (χ2v) is 8.61. The normalized spacial score (nSPS) is 13.0. The van der Waals surface area contributed by atoms with Crippen molar-refractivity contribution >= 4 is 27.3 Å². The van der Waals surface area contributed by atoms with Crippen LogP contribution in [0.5, 0.6) is 0 Å². The van der Waals surface area contributed by atoms with Crippen LogP contribution < -0.4 is 5.32 Å². The number of benzene rings is 1. The fourth-order valence-corrected chi connectivity index (χ4v) is 3.91. The van der Waals surface area contributed by atoms with Crippen molar-refractivity contribution in [3.05, 3.63) is 51.7 Å². The SMILES string of the molecule is Cc1ccsc1C(O)CNC(=O)c1ccc(S(=O)(=O)N(C)C)cc1. The summed E-state index contributed by atoms with van der Waals surface area (Å²) in [5, 5.41) is 14.7.